The van der Waals surface area contributed by atoms with E-state index in [1.165, 1.54) is 11.1 Å². The number of benzene rings is 2. The summed E-state index contributed by atoms with van der Waals surface area (Å²) in [5.74, 6) is 0.616. The van der Waals surface area contributed by atoms with Crippen molar-refractivity contribution < 1.29 is 5.11 Å². The molecule has 0 bridgehead atoms. The zero-order valence-electron chi connectivity index (χ0n) is 12.8. The van der Waals surface area contributed by atoms with E-state index in [-0.39, 0.29) is 0 Å². The van der Waals surface area contributed by atoms with Crippen molar-refractivity contribution in [1.29, 1.82) is 0 Å². The van der Waals surface area contributed by atoms with Crippen LogP contribution in [0.25, 0.3) is 0 Å². The topological polar surface area (TPSA) is 46.2 Å². The summed E-state index contributed by atoms with van der Waals surface area (Å²) >= 11 is 0. The van der Waals surface area contributed by atoms with Gasteiger partial charge < -0.3 is 10.8 Å². The van der Waals surface area contributed by atoms with Crippen LogP contribution >= 0.6 is 0 Å². The number of nitrogen functional groups attached to an aromatic ring is 1. The van der Waals surface area contributed by atoms with Crippen LogP contribution in [0.3, 0.4) is 0 Å². The highest BCUT2D eigenvalue weighted by Gasteiger charge is 2.38. The van der Waals surface area contributed by atoms with E-state index in [1.54, 1.807) is 0 Å². The molecule has 0 spiro atoms. The Labute approximate surface area is 126 Å². The zero-order valence-corrected chi connectivity index (χ0v) is 12.8. The van der Waals surface area contributed by atoms with E-state index < -0.39 is 5.60 Å². The van der Waals surface area contributed by atoms with E-state index in [9.17, 15) is 5.11 Å². The summed E-state index contributed by atoms with van der Waals surface area (Å²) in [6.45, 7) is 4.43. The molecule has 1 unspecified atom stereocenters. The largest absolute Gasteiger partial charge is 0.399 e. The third-order valence-electron chi connectivity index (χ3n) is 4.38. The second kappa shape index (κ2) is 5.19. The summed E-state index contributed by atoms with van der Waals surface area (Å²) in [4.78, 5) is 0. The summed E-state index contributed by atoms with van der Waals surface area (Å²) in [6.07, 6.45) is 2.65. The first kappa shape index (κ1) is 14.2. The average molecular weight is 281 g/mol. The fraction of sp³-hybridized carbons (Fsp3) is 0.368. The predicted molar refractivity (Wildman–Crippen MR) is 87.2 cm³/mol. The summed E-state index contributed by atoms with van der Waals surface area (Å²) in [6, 6.07) is 14.2. The molecular weight excluding hydrogens is 258 g/mol. The highest BCUT2D eigenvalue weighted by Crippen LogP contribution is 2.42. The second-order valence-electron chi connectivity index (χ2n) is 6.58. The van der Waals surface area contributed by atoms with Gasteiger partial charge in [-0.15, -0.1) is 0 Å². The van der Waals surface area contributed by atoms with Gasteiger partial charge in [0, 0.05) is 5.69 Å². The van der Waals surface area contributed by atoms with Crippen molar-refractivity contribution in [2.24, 2.45) is 5.92 Å². The van der Waals surface area contributed by atoms with Crippen molar-refractivity contribution >= 4 is 5.69 Å². The van der Waals surface area contributed by atoms with E-state index in [0.717, 1.165) is 36.1 Å². The molecule has 2 aromatic rings. The van der Waals surface area contributed by atoms with Crippen LogP contribution in [-0.4, -0.2) is 5.11 Å². The number of aliphatic hydroxyl groups is 1. The molecule has 0 saturated heterocycles. The van der Waals surface area contributed by atoms with Gasteiger partial charge in [-0.25, -0.2) is 0 Å². The fourth-order valence-electron chi connectivity index (χ4n) is 3.40. The molecular formula is C19H23NO. The van der Waals surface area contributed by atoms with Crippen LogP contribution in [0.1, 0.15) is 42.5 Å². The van der Waals surface area contributed by atoms with Crippen LogP contribution in [0, 0.1) is 5.92 Å². The molecule has 0 saturated carbocycles. The van der Waals surface area contributed by atoms with Gasteiger partial charge >= 0.3 is 0 Å². The Kier molecular flexibility index (Phi) is 3.50. The molecule has 110 valence electrons. The average Bonchev–Trinajstić information content (AvgIpc) is 2.76. The number of hydrogen-bond donors (Lipinski definition) is 2. The van der Waals surface area contributed by atoms with Crippen LogP contribution in [-0.2, 0) is 18.4 Å². The normalized spacial score (nSPS) is 20.8. The lowest BCUT2D eigenvalue weighted by Crippen LogP contribution is -2.24. The van der Waals surface area contributed by atoms with Gasteiger partial charge in [0.2, 0.25) is 0 Å². The standard InChI is InChI=1S/C19H23NO/c1-13(2)10-14-4-3-5-16(11-14)19(21)9-8-15-12-17(20)6-7-18(15)19/h3-7,11-13,21H,8-10,20H2,1-2H3. The molecule has 3 N–H and O–H groups in total. The Morgan fingerprint density at radius 2 is 2.00 bits per heavy atom. The minimum atomic E-state index is -0.865. The van der Waals surface area contributed by atoms with Gasteiger partial charge in [-0.2, -0.15) is 0 Å². The van der Waals surface area contributed by atoms with Crippen LogP contribution in [0.5, 0.6) is 0 Å². The smallest absolute Gasteiger partial charge is 0.115 e. The van der Waals surface area contributed by atoms with Crippen molar-refractivity contribution in [2.75, 3.05) is 5.73 Å². The Hall–Kier alpha value is -1.80. The highest BCUT2D eigenvalue weighted by molar-refractivity contribution is 5.52. The van der Waals surface area contributed by atoms with E-state index in [1.807, 2.05) is 24.3 Å². The van der Waals surface area contributed by atoms with Crippen molar-refractivity contribution in [1.82, 2.24) is 0 Å². The molecule has 0 aromatic heterocycles. The number of rotatable bonds is 3. The summed E-state index contributed by atoms with van der Waals surface area (Å²) in [7, 11) is 0. The number of fused-ring (bicyclic) bond motifs is 1. The molecule has 1 aliphatic rings. The molecule has 2 nitrogen and oxygen atoms in total. The number of anilines is 1. The van der Waals surface area contributed by atoms with Gasteiger partial charge in [-0.3, -0.25) is 0 Å². The maximum Gasteiger partial charge on any atom is 0.115 e. The first-order valence-electron chi connectivity index (χ1n) is 7.70. The maximum atomic E-state index is 11.2. The molecule has 1 aliphatic carbocycles. The van der Waals surface area contributed by atoms with Crippen molar-refractivity contribution in [3.05, 3.63) is 64.7 Å². The maximum absolute atomic E-state index is 11.2. The third kappa shape index (κ3) is 2.56. The molecule has 21 heavy (non-hydrogen) atoms. The van der Waals surface area contributed by atoms with Crippen molar-refractivity contribution in [2.45, 2.75) is 38.7 Å². The molecule has 0 aliphatic heterocycles. The first-order valence-corrected chi connectivity index (χ1v) is 7.70. The molecule has 1 atom stereocenters. The predicted octanol–water partition coefficient (Wildman–Crippen LogP) is 3.65. The van der Waals surface area contributed by atoms with Crippen LogP contribution < -0.4 is 5.73 Å². The van der Waals surface area contributed by atoms with E-state index >= 15 is 0 Å². The van der Waals surface area contributed by atoms with Gasteiger partial charge in [0.1, 0.15) is 5.60 Å². The van der Waals surface area contributed by atoms with Gasteiger partial charge in [0.25, 0.3) is 0 Å². The second-order valence-corrected chi connectivity index (χ2v) is 6.58. The summed E-state index contributed by atoms with van der Waals surface area (Å²) < 4.78 is 0. The minimum Gasteiger partial charge on any atom is -0.399 e. The van der Waals surface area contributed by atoms with Gasteiger partial charge in [-0.1, -0.05) is 44.2 Å². The Morgan fingerprint density at radius 3 is 2.76 bits per heavy atom. The van der Waals surface area contributed by atoms with Crippen LogP contribution in [0.2, 0.25) is 0 Å². The van der Waals surface area contributed by atoms with Gasteiger partial charge in [-0.05, 0) is 59.6 Å². The zero-order chi connectivity index (χ0) is 15.0. The van der Waals surface area contributed by atoms with E-state index in [2.05, 4.69) is 32.0 Å². The molecule has 0 fully saturated rings. The number of aryl methyl sites for hydroxylation is 1. The van der Waals surface area contributed by atoms with Crippen molar-refractivity contribution in [3.63, 3.8) is 0 Å². The molecule has 0 heterocycles. The Bertz CT molecular complexity index is 662. The summed E-state index contributed by atoms with van der Waals surface area (Å²) in [5.41, 5.74) is 10.2. The highest BCUT2D eigenvalue weighted by atomic mass is 16.3. The Balaban J connectivity index is 2.01. The number of hydrogen-bond acceptors (Lipinski definition) is 2. The van der Waals surface area contributed by atoms with Crippen LogP contribution in [0.4, 0.5) is 5.69 Å². The SMILES string of the molecule is CC(C)Cc1cccc(C2(O)CCc3cc(N)ccc32)c1. The van der Waals surface area contributed by atoms with E-state index in [4.69, 9.17) is 5.73 Å². The fourth-order valence-corrected chi connectivity index (χ4v) is 3.40. The molecule has 2 heteroatoms. The molecule has 2 aromatic carbocycles. The Morgan fingerprint density at radius 1 is 1.19 bits per heavy atom. The third-order valence-corrected chi connectivity index (χ3v) is 4.38. The quantitative estimate of drug-likeness (QED) is 0.844. The lowest BCUT2D eigenvalue weighted by Gasteiger charge is -2.25. The lowest BCUT2D eigenvalue weighted by atomic mass is 9.86. The monoisotopic (exact) mass is 281 g/mol. The summed E-state index contributed by atoms with van der Waals surface area (Å²) in [5, 5.41) is 11.2. The molecule has 0 amide bonds. The first-order chi connectivity index (χ1) is 9.99. The lowest BCUT2D eigenvalue weighted by molar-refractivity contribution is 0.0828. The number of nitrogens with two attached hydrogens (primary N) is 1. The van der Waals surface area contributed by atoms with Gasteiger partial charge in [0.05, 0.1) is 0 Å². The minimum absolute atomic E-state index is 0.616. The van der Waals surface area contributed by atoms with Crippen LogP contribution in [0.15, 0.2) is 42.5 Å². The molecule has 3 rings (SSSR count). The van der Waals surface area contributed by atoms with Gasteiger partial charge in [0.15, 0.2) is 0 Å². The van der Waals surface area contributed by atoms with E-state index in [0.29, 0.717) is 5.92 Å². The molecule has 0 radical (unpaired) electrons. The van der Waals surface area contributed by atoms with Crippen molar-refractivity contribution in [3.8, 4) is 0 Å².